The summed E-state index contributed by atoms with van der Waals surface area (Å²) in [5, 5.41) is 2.39. The maximum absolute atomic E-state index is 6.16. The van der Waals surface area contributed by atoms with Crippen molar-refractivity contribution in [2.45, 2.75) is 19.3 Å². The fraction of sp³-hybridized carbons (Fsp3) is 0.167. The zero-order valence-electron chi connectivity index (χ0n) is 11.8. The summed E-state index contributed by atoms with van der Waals surface area (Å²) < 4.78 is 0. The van der Waals surface area contributed by atoms with Crippen LogP contribution in [0.5, 0.6) is 0 Å². The van der Waals surface area contributed by atoms with E-state index < -0.39 is 0 Å². The molecule has 0 aliphatic carbocycles. The first kappa shape index (κ1) is 12.7. The van der Waals surface area contributed by atoms with Gasteiger partial charge in [0.1, 0.15) is 0 Å². The van der Waals surface area contributed by atoms with E-state index in [0.717, 1.165) is 16.9 Å². The first-order valence-electron chi connectivity index (χ1n) is 6.80. The number of benzene rings is 2. The Bertz CT molecular complexity index is 755. The smallest absolute Gasteiger partial charge is 0.0582 e. The lowest BCUT2D eigenvalue weighted by atomic mass is 9.78. The molecule has 0 spiro atoms. The van der Waals surface area contributed by atoms with Crippen molar-refractivity contribution < 1.29 is 0 Å². The molecular weight excluding hydrogens is 244 g/mol. The van der Waals surface area contributed by atoms with E-state index in [9.17, 15) is 0 Å². The van der Waals surface area contributed by atoms with Crippen LogP contribution in [-0.2, 0) is 5.41 Å². The summed E-state index contributed by atoms with van der Waals surface area (Å²) in [6.07, 6.45) is 1.87. The van der Waals surface area contributed by atoms with Gasteiger partial charge in [0.15, 0.2) is 0 Å². The van der Waals surface area contributed by atoms with E-state index >= 15 is 0 Å². The number of rotatable bonds is 2. The average Bonchev–Trinajstić information content (AvgIpc) is 2.47. The molecule has 2 heteroatoms. The highest BCUT2D eigenvalue weighted by atomic mass is 14.7. The highest BCUT2D eigenvalue weighted by Crippen LogP contribution is 2.36. The van der Waals surface area contributed by atoms with Crippen LogP contribution >= 0.6 is 0 Å². The standard InChI is InChI=1S/C18H18N2/c1-18(2,15-9-5-6-10-16(15)19)17-14-8-4-3-7-13(14)11-12-20-17/h3-12H,19H2,1-2H3. The molecule has 0 aliphatic heterocycles. The quantitative estimate of drug-likeness (QED) is 0.705. The third-order valence-corrected chi connectivity index (χ3v) is 3.90. The summed E-state index contributed by atoms with van der Waals surface area (Å²) in [7, 11) is 0. The van der Waals surface area contributed by atoms with Crippen LogP contribution in [-0.4, -0.2) is 4.98 Å². The minimum absolute atomic E-state index is 0.230. The van der Waals surface area contributed by atoms with Gasteiger partial charge >= 0.3 is 0 Å². The molecule has 0 aliphatic rings. The summed E-state index contributed by atoms with van der Waals surface area (Å²) in [5.41, 5.74) is 8.92. The SMILES string of the molecule is CC(C)(c1ccccc1N)c1nccc2ccccc12. The average molecular weight is 262 g/mol. The minimum atomic E-state index is -0.230. The van der Waals surface area contributed by atoms with Gasteiger partial charge in [-0.1, -0.05) is 56.3 Å². The van der Waals surface area contributed by atoms with Crippen LogP contribution in [0.25, 0.3) is 10.8 Å². The Hall–Kier alpha value is -2.35. The number of nitrogens with zero attached hydrogens (tertiary/aromatic N) is 1. The summed E-state index contributed by atoms with van der Waals surface area (Å²) >= 11 is 0. The second-order valence-corrected chi connectivity index (χ2v) is 5.59. The van der Waals surface area contributed by atoms with Gasteiger partial charge in [0.05, 0.1) is 5.69 Å². The van der Waals surface area contributed by atoms with Gasteiger partial charge in [0.2, 0.25) is 0 Å². The Morgan fingerprint density at radius 1 is 0.900 bits per heavy atom. The molecule has 3 rings (SSSR count). The molecule has 0 atom stereocenters. The lowest BCUT2D eigenvalue weighted by molar-refractivity contribution is 0.626. The Kier molecular flexibility index (Phi) is 2.94. The number of hydrogen-bond donors (Lipinski definition) is 1. The van der Waals surface area contributed by atoms with Crippen LogP contribution < -0.4 is 5.73 Å². The minimum Gasteiger partial charge on any atom is -0.398 e. The Labute approximate surface area is 119 Å². The van der Waals surface area contributed by atoms with Crippen molar-refractivity contribution in [2.24, 2.45) is 0 Å². The third kappa shape index (κ3) is 1.94. The highest BCUT2D eigenvalue weighted by molar-refractivity contribution is 5.85. The van der Waals surface area contributed by atoms with Crippen LogP contribution in [0, 0.1) is 0 Å². The van der Waals surface area contributed by atoms with Gasteiger partial charge < -0.3 is 5.73 Å². The van der Waals surface area contributed by atoms with Crippen molar-refractivity contribution in [1.82, 2.24) is 4.98 Å². The summed E-state index contributed by atoms with van der Waals surface area (Å²) in [5.74, 6) is 0. The molecule has 0 saturated heterocycles. The monoisotopic (exact) mass is 262 g/mol. The van der Waals surface area contributed by atoms with Gasteiger partial charge in [-0.25, -0.2) is 0 Å². The molecule has 1 heterocycles. The van der Waals surface area contributed by atoms with Crippen LogP contribution in [0.15, 0.2) is 60.8 Å². The molecule has 0 radical (unpaired) electrons. The van der Waals surface area contributed by atoms with Crippen LogP contribution in [0.1, 0.15) is 25.1 Å². The molecule has 20 heavy (non-hydrogen) atoms. The highest BCUT2D eigenvalue weighted by Gasteiger charge is 2.28. The topological polar surface area (TPSA) is 38.9 Å². The van der Waals surface area contributed by atoms with Gasteiger partial charge in [-0.05, 0) is 23.1 Å². The summed E-state index contributed by atoms with van der Waals surface area (Å²) in [4.78, 5) is 4.64. The number of anilines is 1. The van der Waals surface area contributed by atoms with Gasteiger partial charge in [0.25, 0.3) is 0 Å². The van der Waals surface area contributed by atoms with Crippen LogP contribution in [0.4, 0.5) is 5.69 Å². The van der Waals surface area contributed by atoms with E-state index in [1.807, 2.05) is 30.5 Å². The number of nitrogen functional groups attached to an aromatic ring is 1. The molecule has 0 unspecified atom stereocenters. The molecule has 2 nitrogen and oxygen atoms in total. The van der Waals surface area contributed by atoms with Crippen molar-refractivity contribution in [3.63, 3.8) is 0 Å². The van der Waals surface area contributed by atoms with E-state index in [2.05, 4.69) is 49.2 Å². The number of hydrogen-bond acceptors (Lipinski definition) is 2. The molecule has 0 saturated carbocycles. The van der Waals surface area contributed by atoms with Gasteiger partial charge in [-0.3, -0.25) is 4.98 Å². The molecule has 0 fully saturated rings. The number of fused-ring (bicyclic) bond motifs is 1. The lowest BCUT2D eigenvalue weighted by Crippen LogP contribution is -2.22. The van der Waals surface area contributed by atoms with Crippen molar-refractivity contribution in [3.8, 4) is 0 Å². The number of nitrogens with two attached hydrogens (primary N) is 1. The van der Waals surface area contributed by atoms with E-state index in [1.54, 1.807) is 0 Å². The van der Waals surface area contributed by atoms with Crippen molar-refractivity contribution in [3.05, 3.63) is 72.1 Å². The predicted octanol–water partition coefficient (Wildman–Crippen LogP) is 4.14. The first-order valence-corrected chi connectivity index (χ1v) is 6.80. The van der Waals surface area contributed by atoms with E-state index in [-0.39, 0.29) is 5.41 Å². The Morgan fingerprint density at radius 2 is 1.60 bits per heavy atom. The maximum atomic E-state index is 6.16. The number of aromatic nitrogens is 1. The fourth-order valence-electron chi connectivity index (χ4n) is 2.81. The lowest BCUT2D eigenvalue weighted by Gasteiger charge is -2.27. The zero-order chi connectivity index (χ0) is 14.2. The Balaban J connectivity index is 2.27. The molecule has 100 valence electrons. The van der Waals surface area contributed by atoms with Crippen LogP contribution in [0.2, 0.25) is 0 Å². The molecule has 1 aromatic heterocycles. The van der Waals surface area contributed by atoms with E-state index in [1.165, 1.54) is 10.8 Å². The van der Waals surface area contributed by atoms with Crippen molar-refractivity contribution >= 4 is 16.5 Å². The molecule has 2 N–H and O–H groups in total. The van der Waals surface area contributed by atoms with Gasteiger partial charge in [0, 0.05) is 22.7 Å². The van der Waals surface area contributed by atoms with Crippen LogP contribution in [0.3, 0.4) is 0 Å². The van der Waals surface area contributed by atoms with Crippen molar-refractivity contribution in [1.29, 1.82) is 0 Å². The summed E-state index contributed by atoms with van der Waals surface area (Å²) in [6.45, 7) is 4.35. The Morgan fingerprint density at radius 3 is 2.40 bits per heavy atom. The maximum Gasteiger partial charge on any atom is 0.0582 e. The molecule has 0 bridgehead atoms. The first-order chi connectivity index (χ1) is 9.60. The van der Waals surface area contributed by atoms with Gasteiger partial charge in [-0.2, -0.15) is 0 Å². The third-order valence-electron chi connectivity index (χ3n) is 3.90. The van der Waals surface area contributed by atoms with Gasteiger partial charge in [-0.15, -0.1) is 0 Å². The van der Waals surface area contributed by atoms with Crippen molar-refractivity contribution in [2.75, 3.05) is 5.73 Å². The normalized spacial score (nSPS) is 11.7. The second kappa shape index (κ2) is 4.64. The molecule has 0 amide bonds. The largest absolute Gasteiger partial charge is 0.398 e. The predicted molar refractivity (Wildman–Crippen MR) is 84.7 cm³/mol. The van der Waals surface area contributed by atoms with E-state index in [0.29, 0.717) is 0 Å². The van der Waals surface area contributed by atoms with E-state index in [4.69, 9.17) is 5.73 Å². The zero-order valence-corrected chi connectivity index (χ0v) is 11.8. The molecule has 2 aromatic carbocycles. The fourth-order valence-corrected chi connectivity index (χ4v) is 2.81. The molecule has 3 aromatic rings. The summed E-state index contributed by atoms with van der Waals surface area (Å²) in [6, 6.07) is 18.4. The second-order valence-electron chi connectivity index (χ2n) is 5.59. The number of pyridine rings is 1. The molecular formula is C18H18N2. The number of para-hydroxylation sites is 1.